The van der Waals surface area contributed by atoms with Gasteiger partial charge in [0.15, 0.2) is 18.3 Å². The van der Waals surface area contributed by atoms with Gasteiger partial charge in [0.2, 0.25) is 0 Å². The summed E-state index contributed by atoms with van der Waals surface area (Å²) in [5.74, 6) is 0. The van der Waals surface area contributed by atoms with E-state index in [-0.39, 0.29) is 19.3 Å². The Morgan fingerprint density at radius 3 is 1.04 bits per heavy atom. The monoisotopic (exact) mass is 469 g/mol. The maximum atomic E-state index is 12.3. The van der Waals surface area contributed by atoms with E-state index in [1.807, 2.05) is 0 Å². The number of nitro groups is 1. The van der Waals surface area contributed by atoms with Crippen molar-refractivity contribution >= 4 is 30.4 Å². The first-order valence-corrected chi connectivity index (χ1v) is 13.7. The second-order valence-electron chi connectivity index (χ2n) is 6.24. The van der Waals surface area contributed by atoms with Gasteiger partial charge in [-0.15, -0.1) is 0 Å². The third-order valence-corrected chi connectivity index (χ3v) is 5.59. The largest absolute Gasteiger partial charge is 0.303 e. The fourth-order valence-corrected chi connectivity index (χ4v) is 5.16. The molecule has 0 N–H and O–H groups in total. The van der Waals surface area contributed by atoms with Crippen LogP contribution in [0.4, 0.5) is 0 Å². The highest BCUT2D eigenvalue weighted by Gasteiger charge is 2.65. The van der Waals surface area contributed by atoms with Crippen molar-refractivity contribution < 1.29 is 42.7 Å². The van der Waals surface area contributed by atoms with Gasteiger partial charge in [0.25, 0.3) is 30.4 Å². The molecule has 0 amide bonds. The normalized spacial score (nSPS) is 18.8. The van der Waals surface area contributed by atoms with Crippen LogP contribution in [0, 0.1) is 10.1 Å². The Morgan fingerprint density at radius 1 is 0.714 bits per heavy atom. The summed E-state index contributed by atoms with van der Waals surface area (Å²) < 4.78 is 84.9. The molecule has 0 aliphatic carbocycles. The van der Waals surface area contributed by atoms with Gasteiger partial charge in [-0.05, 0) is 19.3 Å². The highest BCUT2D eigenvalue weighted by Crippen LogP contribution is 2.37. The summed E-state index contributed by atoms with van der Waals surface area (Å²) in [4.78, 5) is 11.3. The van der Waals surface area contributed by atoms with Crippen molar-refractivity contribution in [3.63, 3.8) is 0 Å². The minimum Gasteiger partial charge on any atom is -0.264 e. The highest BCUT2D eigenvalue weighted by molar-refractivity contribution is 7.86. The van der Waals surface area contributed by atoms with Crippen molar-refractivity contribution in [3.05, 3.63) is 10.1 Å². The van der Waals surface area contributed by atoms with Crippen LogP contribution in [-0.4, -0.2) is 72.8 Å². The first-order valence-electron chi connectivity index (χ1n) is 8.23. The van der Waals surface area contributed by atoms with Crippen LogP contribution in [-0.2, 0) is 42.9 Å². The lowest BCUT2D eigenvalue weighted by Crippen LogP contribution is -2.67. The number of hydrogen-bond acceptors (Lipinski definition) is 11. The molecule has 0 radical (unpaired) electrons. The van der Waals surface area contributed by atoms with E-state index >= 15 is 0 Å². The lowest BCUT2D eigenvalue weighted by atomic mass is 9.78. The lowest BCUT2D eigenvalue weighted by molar-refractivity contribution is -0.604. The Kier molecular flexibility index (Phi) is 9.45. The molecule has 0 rings (SSSR count). The van der Waals surface area contributed by atoms with Crippen molar-refractivity contribution in [2.45, 2.75) is 63.9 Å². The maximum absolute atomic E-state index is 12.3. The zero-order valence-corrected chi connectivity index (χ0v) is 19.0. The predicted octanol–water partition coefficient (Wildman–Crippen LogP) is 0.266. The molecule has 0 aromatic carbocycles. The Labute approximate surface area is 166 Å². The van der Waals surface area contributed by atoms with Crippen LogP contribution < -0.4 is 0 Å². The molecule has 0 bridgehead atoms. The predicted molar refractivity (Wildman–Crippen MR) is 99.7 cm³/mol. The van der Waals surface area contributed by atoms with Gasteiger partial charge in [0.1, 0.15) is 0 Å². The topological polar surface area (TPSA) is 173 Å². The molecule has 0 aliphatic rings. The van der Waals surface area contributed by atoms with Crippen LogP contribution in [0.15, 0.2) is 0 Å². The van der Waals surface area contributed by atoms with E-state index in [2.05, 4.69) is 0 Å². The second-order valence-corrected chi connectivity index (χ2v) is 11.0. The molecule has 0 heterocycles. The zero-order valence-electron chi connectivity index (χ0n) is 16.5. The molecule has 28 heavy (non-hydrogen) atoms. The van der Waals surface area contributed by atoms with E-state index in [0.717, 1.165) is 0 Å². The van der Waals surface area contributed by atoms with Gasteiger partial charge in [-0.2, -0.15) is 25.3 Å². The van der Waals surface area contributed by atoms with Gasteiger partial charge in [-0.1, -0.05) is 20.8 Å². The maximum Gasteiger partial charge on any atom is 0.303 e. The average molecular weight is 470 g/mol. The number of hydrogen-bond donors (Lipinski definition) is 0. The summed E-state index contributed by atoms with van der Waals surface area (Å²) in [7, 11) is -12.7. The Hall–Kier alpha value is -0.870. The molecule has 0 spiro atoms. The van der Waals surface area contributed by atoms with Gasteiger partial charge >= 0.3 is 5.54 Å². The van der Waals surface area contributed by atoms with Crippen LogP contribution in [0.5, 0.6) is 0 Å². The van der Waals surface area contributed by atoms with Gasteiger partial charge in [-0.3, -0.25) is 22.7 Å². The molecule has 0 aromatic rings. The minimum atomic E-state index is -4.24. The molecule has 0 fully saturated rings. The van der Waals surface area contributed by atoms with Crippen LogP contribution in [0.3, 0.4) is 0 Å². The average Bonchev–Trinajstić information content (AvgIpc) is 2.48. The number of rotatable bonds is 13. The third kappa shape index (κ3) is 7.51. The number of nitrogens with zero attached hydrogens (tertiary/aromatic N) is 1. The van der Waals surface area contributed by atoms with E-state index in [9.17, 15) is 35.4 Å². The van der Waals surface area contributed by atoms with Crippen LogP contribution in [0.25, 0.3) is 0 Å². The second kappa shape index (κ2) is 9.75. The summed E-state index contributed by atoms with van der Waals surface area (Å²) >= 11 is 0. The fourth-order valence-electron chi connectivity index (χ4n) is 3.02. The summed E-state index contributed by atoms with van der Waals surface area (Å²) in [5, 5.41) is 12.3. The zero-order chi connectivity index (χ0) is 22.6. The molecule has 0 aromatic heterocycles. The van der Waals surface area contributed by atoms with E-state index in [0.29, 0.717) is 18.8 Å². The smallest absolute Gasteiger partial charge is 0.264 e. The van der Waals surface area contributed by atoms with Crippen molar-refractivity contribution in [1.82, 2.24) is 0 Å². The minimum absolute atomic E-state index is 0.276. The lowest BCUT2D eigenvalue weighted by Gasteiger charge is -2.40. The van der Waals surface area contributed by atoms with E-state index < -0.39 is 59.1 Å². The van der Waals surface area contributed by atoms with Crippen LogP contribution >= 0.6 is 0 Å². The molecule has 3 unspecified atom stereocenters. The molecule has 168 valence electrons. The molecule has 15 heteroatoms. The van der Waals surface area contributed by atoms with Crippen molar-refractivity contribution in [3.8, 4) is 0 Å². The summed E-state index contributed by atoms with van der Waals surface area (Å²) in [6, 6.07) is 0. The van der Waals surface area contributed by atoms with Gasteiger partial charge in [0, 0.05) is 4.92 Å². The van der Waals surface area contributed by atoms with Gasteiger partial charge in [-0.25, -0.2) is 0 Å². The summed E-state index contributed by atoms with van der Waals surface area (Å²) in [6.07, 6.45) is -4.14. The molecule has 0 saturated heterocycles. The highest BCUT2D eigenvalue weighted by atomic mass is 32.2. The van der Waals surface area contributed by atoms with Crippen molar-refractivity contribution in [1.29, 1.82) is 0 Å². The standard InChI is InChI=1S/C13H27NO11S3/c1-7-10(23-26(4,17)18)13(14(15)16,11(8-2)24-27(5,19)20)12(9-3)25-28(6,21)22/h10-12H,7-9H2,1-6H3. The molecule has 12 nitrogen and oxygen atoms in total. The molecular formula is C13H27NO11S3. The Morgan fingerprint density at radius 2 is 0.929 bits per heavy atom. The van der Waals surface area contributed by atoms with E-state index in [1.54, 1.807) is 0 Å². The first-order chi connectivity index (χ1) is 12.4. The quantitative estimate of drug-likeness (QED) is 0.206. The van der Waals surface area contributed by atoms with Gasteiger partial charge in [0.05, 0.1) is 18.8 Å². The molecule has 0 aliphatic heterocycles. The molecular weight excluding hydrogens is 442 g/mol. The first kappa shape index (κ1) is 27.1. The fraction of sp³-hybridized carbons (Fsp3) is 1.00. The van der Waals surface area contributed by atoms with E-state index in [4.69, 9.17) is 12.5 Å². The molecule has 0 saturated carbocycles. The Balaban J connectivity index is 6.99. The molecule has 3 atom stereocenters. The van der Waals surface area contributed by atoms with Crippen molar-refractivity contribution in [2.24, 2.45) is 0 Å². The summed E-state index contributed by atoms with van der Waals surface area (Å²) in [5.41, 5.74) is -2.66. The summed E-state index contributed by atoms with van der Waals surface area (Å²) in [6.45, 7) is 4.11. The third-order valence-electron chi connectivity index (χ3n) is 3.85. The van der Waals surface area contributed by atoms with Gasteiger partial charge < -0.3 is 0 Å². The Bertz CT molecular complexity index is 746. The van der Waals surface area contributed by atoms with Crippen LogP contribution in [0.2, 0.25) is 0 Å². The van der Waals surface area contributed by atoms with Crippen molar-refractivity contribution in [2.75, 3.05) is 18.8 Å². The van der Waals surface area contributed by atoms with Crippen LogP contribution in [0.1, 0.15) is 40.0 Å². The SMILES string of the molecule is CCC(OS(C)(=O)=O)C(C(CC)OS(C)(=O)=O)(C(CC)OS(C)(=O)=O)[N+](=O)[O-]. The van der Waals surface area contributed by atoms with E-state index in [1.165, 1.54) is 20.8 Å².